The summed E-state index contributed by atoms with van der Waals surface area (Å²) in [6.07, 6.45) is 1.86. The van der Waals surface area contributed by atoms with Crippen molar-refractivity contribution in [2.24, 2.45) is 0 Å². The Kier molecular flexibility index (Phi) is 4.60. The molecular weight excluding hydrogens is 312 g/mol. The summed E-state index contributed by atoms with van der Waals surface area (Å²) in [6, 6.07) is 8.03. The van der Waals surface area contributed by atoms with Crippen molar-refractivity contribution in [2.75, 3.05) is 5.32 Å². The molecule has 2 heterocycles. The lowest BCUT2D eigenvalue weighted by atomic mass is 10.3. The molecule has 0 saturated carbocycles. The molecule has 3 nitrogen and oxygen atoms in total. The Labute approximate surface area is 119 Å². The van der Waals surface area contributed by atoms with Crippen molar-refractivity contribution in [3.05, 3.63) is 39.1 Å². The van der Waals surface area contributed by atoms with E-state index >= 15 is 0 Å². The Balaban J connectivity index is 2.04. The summed E-state index contributed by atoms with van der Waals surface area (Å²) in [5.41, 5.74) is 0.927. The predicted octanol–water partition coefficient (Wildman–Crippen LogP) is 4.30. The highest BCUT2D eigenvalue weighted by Gasteiger charge is 2.06. The van der Waals surface area contributed by atoms with Crippen LogP contribution in [-0.2, 0) is 6.54 Å². The molecule has 18 heavy (non-hydrogen) atoms. The molecule has 2 aromatic rings. The van der Waals surface area contributed by atoms with Crippen LogP contribution in [0.5, 0.6) is 5.88 Å². The predicted molar refractivity (Wildman–Crippen MR) is 79.3 cm³/mol. The maximum Gasteiger partial charge on any atom is 0.237 e. The smallest absolute Gasteiger partial charge is 0.237 e. The Bertz CT molecular complexity index is 513. The van der Waals surface area contributed by atoms with Crippen LogP contribution in [0.4, 0.5) is 5.69 Å². The molecule has 0 unspecified atom stereocenters. The van der Waals surface area contributed by atoms with E-state index in [0.29, 0.717) is 5.88 Å². The van der Waals surface area contributed by atoms with Gasteiger partial charge < -0.3 is 10.1 Å². The zero-order valence-electron chi connectivity index (χ0n) is 10.3. The van der Waals surface area contributed by atoms with Gasteiger partial charge in [-0.1, -0.05) is 0 Å². The van der Waals surface area contributed by atoms with Crippen LogP contribution >= 0.6 is 27.3 Å². The summed E-state index contributed by atoms with van der Waals surface area (Å²) < 4.78 is 6.80. The van der Waals surface area contributed by atoms with Gasteiger partial charge in [0.05, 0.1) is 15.6 Å². The number of hydrogen-bond acceptors (Lipinski definition) is 4. The van der Waals surface area contributed by atoms with E-state index in [1.807, 2.05) is 26.0 Å². The molecule has 0 aliphatic rings. The van der Waals surface area contributed by atoms with Gasteiger partial charge in [0, 0.05) is 17.6 Å². The SMILES string of the molecule is CC(C)Oc1ncccc1NCc1ccc(Br)s1. The van der Waals surface area contributed by atoms with E-state index in [-0.39, 0.29) is 6.10 Å². The first kappa shape index (κ1) is 13.4. The van der Waals surface area contributed by atoms with Crippen molar-refractivity contribution in [2.45, 2.75) is 26.5 Å². The lowest BCUT2D eigenvalue weighted by Gasteiger charge is -2.13. The van der Waals surface area contributed by atoms with E-state index in [1.54, 1.807) is 17.5 Å². The van der Waals surface area contributed by atoms with Crippen molar-refractivity contribution in [1.29, 1.82) is 0 Å². The van der Waals surface area contributed by atoms with Crippen LogP contribution in [0.25, 0.3) is 0 Å². The molecule has 0 aliphatic heterocycles. The Morgan fingerprint density at radius 3 is 2.89 bits per heavy atom. The number of nitrogens with one attached hydrogen (secondary N) is 1. The lowest BCUT2D eigenvalue weighted by Crippen LogP contribution is -2.09. The maximum atomic E-state index is 5.66. The summed E-state index contributed by atoms with van der Waals surface area (Å²) in [5.74, 6) is 0.656. The van der Waals surface area contributed by atoms with E-state index in [2.05, 4.69) is 38.4 Å². The molecule has 0 fully saturated rings. The van der Waals surface area contributed by atoms with E-state index < -0.39 is 0 Å². The van der Waals surface area contributed by atoms with Crippen LogP contribution in [0.2, 0.25) is 0 Å². The van der Waals surface area contributed by atoms with Gasteiger partial charge in [-0.2, -0.15) is 0 Å². The van der Waals surface area contributed by atoms with Crippen LogP contribution in [-0.4, -0.2) is 11.1 Å². The summed E-state index contributed by atoms with van der Waals surface area (Å²) in [7, 11) is 0. The highest BCUT2D eigenvalue weighted by molar-refractivity contribution is 9.11. The average Bonchev–Trinajstić information content (AvgIpc) is 2.73. The standard InChI is InChI=1S/C13H15BrN2OS/c1-9(2)17-13-11(4-3-7-15-13)16-8-10-5-6-12(14)18-10/h3-7,9,16H,8H2,1-2H3. The van der Waals surface area contributed by atoms with Gasteiger partial charge in [-0.3, -0.25) is 0 Å². The number of hydrogen-bond donors (Lipinski definition) is 1. The molecule has 96 valence electrons. The van der Waals surface area contributed by atoms with Gasteiger partial charge in [-0.25, -0.2) is 4.98 Å². The number of aromatic nitrogens is 1. The quantitative estimate of drug-likeness (QED) is 0.889. The molecule has 0 atom stereocenters. The zero-order chi connectivity index (χ0) is 13.0. The summed E-state index contributed by atoms with van der Waals surface area (Å²) >= 11 is 5.18. The van der Waals surface area contributed by atoms with Crippen molar-refractivity contribution in [3.8, 4) is 5.88 Å². The topological polar surface area (TPSA) is 34.1 Å². The maximum absolute atomic E-state index is 5.66. The van der Waals surface area contributed by atoms with Gasteiger partial charge in [0.2, 0.25) is 5.88 Å². The highest BCUT2D eigenvalue weighted by Crippen LogP contribution is 2.25. The molecule has 0 bridgehead atoms. The van der Waals surface area contributed by atoms with Crippen LogP contribution < -0.4 is 10.1 Å². The molecule has 0 amide bonds. The van der Waals surface area contributed by atoms with Gasteiger partial charge >= 0.3 is 0 Å². The third-order valence-electron chi connectivity index (χ3n) is 2.20. The number of anilines is 1. The fourth-order valence-corrected chi connectivity index (χ4v) is 2.89. The first-order valence-corrected chi connectivity index (χ1v) is 7.36. The van der Waals surface area contributed by atoms with Gasteiger partial charge in [0.15, 0.2) is 0 Å². The number of halogens is 1. The number of pyridine rings is 1. The second kappa shape index (κ2) is 6.20. The fraction of sp³-hybridized carbons (Fsp3) is 0.308. The van der Waals surface area contributed by atoms with Crippen molar-refractivity contribution < 1.29 is 4.74 Å². The number of ether oxygens (including phenoxy) is 1. The largest absolute Gasteiger partial charge is 0.473 e. The molecule has 0 aromatic carbocycles. The second-order valence-corrected chi connectivity index (χ2v) is 6.63. The minimum atomic E-state index is 0.122. The van der Waals surface area contributed by atoms with Gasteiger partial charge in [-0.05, 0) is 54.0 Å². The molecule has 5 heteroatoms. The highest BCUT2D eigenvalue weighted by atomic mass is 79.9. The first-order valence-electron chi connectivity index (χ1n) is 5.75. The minimum Gasteiger partial charge on any atom is -0.473 e. The molecule has 0 saturated heterocycles. The summed E-state index contributed by atoms with van der Waals surface area (Å²) in [6.45, 7) is 4.76. The molecule has 0 radical (unpaired) electrons. The van der Waals surface area contributed by atoms with Gasteiger partial charge in [-0.15, -0.1) is 11.3 Å². The molecular formula is C13H15BrN2OS. The van der Waals surface area contributed by atoms with Crippen LogP contribution in [0.3, 0.4) is 0 Å². The number of nitrogens with zero attached hydrogens (tertiary/aromatic N) is 1. The minimum absolute atomic E-state index is 0.122. The number of thiophene rings is 1. The van der Waals surface area contributed by atoms with Crippen LogP contribution in [0, 0.1) is 0 Å². The fourth-order valence-electron chi connectivity index (χ4n) is 1.47. The van der Waals surface area contributed by atoms with E-state index in [4.69, 9.17) is 4.74 Å². The van der Waals surface area contributed by atoms with Crippen molar-refractivity contribution in [3.63, 3.8) is 0 Å². The van der Waals surface area contributed by atoms with E-state index in [0.717, 1.165) is 16.0 Å². The van der Waals surface area contributed by atoms with Crippen LogP contribution in [0.15, 0.2) is 34.2 Å². The molecule has 0 spiro atoms. The van der Waals surface area contributed by atoms with Gasteiger partial charge in [0.25, 0.3) is 0 Å². The van der Waals surface area contributed by atoms with Crippen molar-refractivity contribution in [1.82, 2.24) is 4.98 Å². The first-order chi connectivity index (χ1) is 8.65. The van der Waals surface area contributed by atoms with Crippen LogP contribution in [0.1, 0.15) is 18.7 Å². The molecule has 2 aromatic heterocycles. The van der Waals surface area contributed by atoms with E-state index in [9.17, 15) is 0 Å². The molecule has 0 aliphatic carbocycles. The Hall–Kier alpha value is -1.07. The normalized spacial score (nSPS) is 10.7. The summed E-state index contributed by atoms with van der Waals surface area (Å²) in [5, 5.41) is 3.35. The monoisotopic (exact) mass is 326 g/mol. The number of rotatable bonds is 5. The third kappa shape index (κ3) is 3.71. The average molecular weight is 327 g/mol. The lowest BCUT2D eigenvalue weighted by molar-refractivity contribution is 0.234. The van der Waals surface area contributed by atoms with Crippen molar-refractivity contribution >= 4 is 33.0 Å². The zero-order valence-corrected chi connectivity index (χ0v) is 12.7. The third-order valence-corrected chi connectivity index (χ3v) is 3.82. The second-order valence-electron chi connectivity index (χ2n) is 4.08. The Morgan fingerprint density at radius 2 is 2.22 bits per heavy atom. The molecule has 1 N–H and O–H groups in total. The summed E-state index contributed by atoms with van der Waals surface area (Å²) in [4.78, 5) is 5.51. The molecule has 2 rings (SSSR count). The van der Waals surface area contributed by atoms with Gasteiger partial charge in [0.1, 0.15) is 0 Å². The van der Waals surface area contributed by atoms with E-state index in [1.165, 1.54) is 4.88 Å². The Morgan fingerprint density at radius 1 is 1.39 bits per heavy atom.